The molecule has 0 radical (unpaired) electrons. The second kappa shape index (κ2) is 8.03. The SMILES string of the molecule is CCCNc1ccc(C(=O)N2CCC(OCC)CC2)cc1. The van der Waals surface area contributed by atoms with Gasteiger partial charge in [-0.1, -0.05) is 6.92 Å². The van der Waals surface area contributed by atoms with Gasteiger partial charge in [-0.05, 0) is 50.5 Å². The molecule has 0 bridgehead atoms. The number of carbonyl (C=O) groups excluding carboxylic acids is 1. The predicted molar refractivity (Wildman–Crippen MR) is 85.8 cm³/mol. The number of benzene rings is 1. The molecule has 0 saturated carbocycles. The van der Waals surface area contributed by atoms with Gasteiger partial charge in [0.15, 0.2) is 0 Å². The fourth-order valence-corrected chi connectivity index (χ4v) is 2.64. The minimum absolute atomic E-state index is 0.131. The largest absolute Gasteiger partial charge is 0.385 e. The number of nitrogens with zero attached hydrogens (tertiary/aromatic N) is 1. The summed E-state index contributed by atoms with van der Waals surface area (Å²) in [6.45, 7) is 7.45. The summed E-state index contributed by atoms with van der Waals surface area (Å²) in [4.78, 5) is 14.4. The number of amides is 1. The molecule has 1 fully saturated rings. The van der Waals surface area contributed by atoms with Crippen molar-refractivity contribution in [2.45, 2.75) is 39.2 Å². The van der Waals surface area contributed by atoms with Crippen LogP contribution in [0.4, 0.5) is 5.69 Å². The molecule has 0 spiro atoms. The summed E-state index contributed by atoms with van der Waals surface area (Å²) in [6, 6.07) is 7.79. The highest BCUT2D eigenvalue weighted by Gasteiger charge is 2.23. The van der Waals surface area contributed by atoms with Crippen molar-refractivity contribution in [1.82, 2.24) is 4.90 Å². The zero-order chi connectivity index (χ0) is 15.1. The zero-order valence-electron chi connectivity index (χ0n) is 13.1. The predicted octanol–water partition coefficient (Wildman–Crippen LogP) is 3.15. The van der Waals surface area contributed by atoms with E-state index in [4.69, 9.17) is 4.74 Å². The van der Waals surface area contributed by atoms with Crippen LogP contribution in [0.1, 0.15) is 43.5 Å². The maximum absolute atomic E-state index is 12.5. The zero-order valence-corrected chi connectivity index (χ0v) is 13.1. The first-order valence-corrected chi connectivity index (χ1v) is 7.99. The van der Waals surface area contributed by atoms with Gasteiger partial charge in [0.1, 0.15) is 0 Å². The molecule has 1 aliphatic rings. The van der Waals surface area contributed by atoms with Gasteiger partial charge in [-0.25, -0.2) is 0 Å². The lowest BCUT2D eigenvalue weighted by Gasteiger charge is -2.31. The van der Waals surface area contributed by atoms with Crippen molar-refractivity contribution in [3.63, 3.8) is 0 Å². The van der Waals surface area contributed by atoms with Crippen LogP contribution in [0.5, 0.6) is 0 Å². The van der Waals surface area contributed by atoms with Crippen molar-refractivity contribution in [3.05, 3.63) is 29.8 Å². The van der Waals surface area contributed by atoms with Crippen LogP contribution in [-0.4, -0.2) is 43.2 Å². The van der Waals surface area contributed by atoms with E-state index in [0.29, 0.717) is 6.10 Å². The second-order valence-electron chi connectivity index (χ2n) is 5.45. The molecule has 1 aromatic rings. The normalized spacial score (nSPS) is 16.0. The number of anilines is 1. The first-order valence-electron chi connectivity index (χ1n) is 7.99. The molecule has 4 heteroatoms. The molecule has 0 aliphatic carbocycles. The molecule has 1 amide bonds. The van der Waals surface area contributed by atoms with Crippen molar-refractivity contribution in [2.24, 2.45) is 0 Å². The third-order valence-electron chi connectivity index (χ3n) is 3.84. The third kappa shape index (κ3) is 4.46. The molecule has 1 aromatic carbocycles. The highest BCUT2D eigenvalue weighted by molar-refractivity contribution is 5.94. The van der Waals surface area contributed by atoms with E-state index in [1.54, 1.807) is 0 Å². The number of carbonyl (C=O) groups is 1. The van der Waals surface area contributed by atoms with Crippen LogP contribution >= 0.6 is 0 Å². The lowest BCUT2D eigenvalue weighted by atomic mass is 10.1. The van der Waals surface area contributed by atoms with Crippen LogP contribution in [0.15, 0.2) is 24.3 Å². The number of hydrogen-bond donors (Lipinski definition) is 1. The van der Waals surface area contributed by atoms with E-state index in [0.717, 1.165) is 56.8 Å². The van der Waals surface area contributed by atoms with Gasteiger partial charge in [-0.3, -0.25) is 4.79 Å². The van der Waals surface area contributed by atoms with E-state index in [1.165, 1.54) is 0 Å². The Morgan fingerprint density at radius 1 is 1.24 bits per heavy atom. The first kappa shape index (κ1) is 15.8. The van der Waals surface area contributed by atoms with Crippen LogP contribution in [0.25, 0.3) is 0 Å². The molecule has 1 heterocycles. The number of hydrogen-bond acceptors (Lipinski definition) is 3. The second-order valence-corrected chi connectivity index (χ2v) is 5.45. The van der Waals surface area contributed by atoms with E-state index in [2.05, 4.69) is 12.2 Å². The quantitative estimate of drug-likeness (QED) is 0.875. The van der Waals surface area contributed by atoms with Gasteiger partial charge in [0.2, 0.25) is 0 Å². The number of piperidine rings is 1. The maximum atomic E-state index is 12.5. The van der Waals surface area contributed by atoms with Gasteiger partial charge in [0.05, 0.1) is 6.10 Å². The summed E-state index contributed by atoms with van der Waals surface area (Å²) in [5, 5.41) is 3.32. The van der Waals surface area contributed by atoms with Crippen LogP contribution in [0.2, 0.25) is 0 Å². The minimum atomic E-state index is 0.131. The van der Waals surface area contributed by atoms with Gasteiger partial charge < -0.3 is 15.0 Å². The maximum Gasteiger partial charge on any atom is 0.253 e. The number of nitrogens with one attached hydrogen (secondary N) is 1. The Kier molecular flexibility index (Phi) is 6.05. The van der Waals surface area contributed by atoms with Crippen molar-refractivity contribution in [3.8, 4) is 0 Å². The first-order chi connectivity index (χ1) is 10.2. The average Bonchev–Trinajstić information content (AvgIpc) is 2.54. The van der Waals surface area contributed by atoms with Crippen molar-refractivity contribution in [1.29, 1.82) is 0 Å². The third-order valence-corrected chi connectivity index (χ3v) is 3.84. The van der Waals surface area contributed by atoms with E-state index in [-0.39, 0.29) is 5.91 Å². The summed E-state index contributed by atoms with van der Waals surface area (Å²) in [7, 11) is 0. The van der Waals surface area contributed by atoms with Gasteiger partial charge in [-0.2, -0.15) is 0 Å². The Bertz CT molecular complexity index is 437. The Labute approximate surface area is 127 Å². The molecule has 21 heavy (non-hydrogen) atoms. The number of ether oxygens (including phenoxy) is 1. The molecular formula is C17H26N2O2. The molecule has 0 aromatic heterocycles. The van der Waals surface area contributed by atoms with Gasteiger partial charge in [0.25, 0.3) is 5.91 Å². The number of likely N-dealkylation sites (tertiary alicyclic amines) is 1. The van der Waals surface area contributed by atoms with Crippen LogP contribution in [0, 0.1) is 0 Å². The molecule has 116 valence electrons. The lowest BCUT2D eigenvalue weighted by molar-refractivity contribution is 0.0146. The summed E-state index contributed by atoms with van der Waals surface area (Å²) < 4.78 is 5.62. The topological polar surface area (TPSA) is 41.6 Å². The minimum Gasteiger partial charge on any atom is -0.385 e. The molecule has 0 atom stereocenters. The molecule has 0 unspecified atom stereocenters. The summed E-state index contributed by atoms with van der Waals surface area (Å²) in [6.07, 6.45) is 3.29. The number of rotatable bonds is 6. The van der Waals surface area contributed by atoms with Crippen LogP contribution in [0.3, 0.4) is 0 Å². The average molecular weight is 290 g/mol. The van der Waals surface area contributed by atoms with Gasteiger partial charge in [-0.15, -0.1) is 0 Å². The lowest BCUT2D eigenvalue weighted by Crippen LogP contribution is -2.40. The van der Waals surface area contributed by atoms with Crippen molar-refractivity contribution >= 4 is 11.6 Å². The molecule has 1 saturated heterocycles. The molecule has 2 rings (SSSR count). The molecule has 1 aliphatic heterocycles. The molecule has 1 N–H and O–H groups in total. The smallest absolute Gasteiger partial charge is 0.253 e. The fraction of sp³-hybridized carbons (Fsp3) is 0.588. The standard InChI is InChI=1S/C17H26N2O2/c1-3-11-18-15-7-5-14(6-8-15)17(20)19-12-9-16(10-13-19)21-4-2/h5-8,16,18H,3-4,9-13H2,1-2H3. The van der Waals surface area contributed by atoms with E-state index in [9.17, 15) is 4.79 Å². The van der Waals surface area contributed by atoms with Gasteiger partial charge in [0, 0.05) is 37.5 Å². The Morgan fingerprint density at radius 2 is 1.90 bits per heavy atom. The highest BCUT2D eigenvalue weighted by Crippen LogP contribution is 2.17. The van der Waals surface area contributed by atoms with E-state index >= 15 is 0 Å². The summed E-state index contributed by atoms with van der Waals surface area (Å²) >= 11 is 0. The van der Waals surface area contributed by atoms with Crippen molar-refractivity contribution < 1.29 is 9.53 Å². The monoisotopic (exact) mass is 290 g/mol. The molecule has 4 nitrogen and oxygen atoms in total. The molecular weight excluding hydrogens is 264 g/mol. The van der Waals surface area contributed by atoms with Gasteiger partial charge >= 0.3 is 0 Å². The van der Waals surface area contributed by atoms with E-state index in [1.807, 2.05) is 36.1 Å². The van der Waals surface area contributed by atoms with Crippen LogP contribution in [-0.2, 0) is 4.74 Å². The van der Waals surface area contributed by atoms with Crippen LogP contribution < -0.4 is 5.32 Å². The Hall–Kier alpha value is -1.55. The fourth-order valence-electron chi connectivity index (χ4n) is 2.64. The van der Waals surface area contributed by atoms with Crippen molar-refractivity contribution in [2.75, 3.05) is 31.6 Å². The van der Waals surface area contributed by atoms with E-state index < -0.39 is 0 Å². The Balaban J connectivity index is 1.88. The summed E-state index contributed by atoms with van der Waals surface area (Å²) in [5.74, 6) is 0.131. The highest BCUT2D eigenvalue weighted by atomic mass is 16.5. The summed E-state index contributed by atoms with van der Waals surface area (Å²) in [5.41, 5.74) is 1.84. The Morgan fingerprint density at radius 3 is 2.48 bits per heavy atom.